The van der Waals surface area contributed by atoms with Gasteiger partial charge in [0.1, 0.15) is 36.1 Å². The van der Waals surface area contributed by atoms with Crippen LogP contribution in [0.4, 0.5) is 4.79 Å². The van der Waals surface area contributed by atoms with Crippen molar-refractivity contribution in [1.29, 1.82) is 0 Å². The summed E-state index contributed by atoms with van der Waals surface area (Å²) in [5.41, 5.74) is -0.0172. The number of aromatic nitrogens is 2. The van der Waals surface area contributed by atoms with Gasteiger partial charge in [0, 0.05) is 24.7 Å². The third kappa shape index (κ3) is 10.1. The summed E-state index contributed by atoms with van der Waals surface area (Å²) in [6, 6.07) is 0.196. The van der Waals surface area contributed by atoms with Crippen molar-refractivity contribution in [1.82, 2.24) is 19.5 Å². The monoisotopic (exact) mass is 920 g/mol. The average Bonchev–Trinajstić information content (AvgIpc) is 3.89. The molecule has 1 aromatic heterocycles. The van der Waals surface area contributed by atoms with Gasteiger partial charge in [-0.3, -0.25) is 14.3 Å². The lowest BCUT2D eigenvalue weighted by molar-refractivity contribution is -0.175. The smallest absolute Gasteiger partial charge is 0.408 e. The van der Waals surface area contributed by atoms with E-state index in [0.717, 1.165) is 55.3 Å². The van der Waals surface area contributed by atoms with Crippen LogP contribution in [0.25, 0.3) is 4.85 Å². The van der Waals surface area contributed by atoms with Crippen LogP contribution in [0.3, 0.4) is 0 Å². The lowest BCUT2D eigenvalue weighted by Crippen LogP contribution is -2.51. The first-order valence-corrected chi connectivity index (χ1v) is 26.1. The fraction of sp³-hybridized carbons (Fsp3) is 0.804. The number of nitrogens with zero attached hydrogens (tertiary/aromatic N) is 3. The molecule has 0 aromatic carbocycles. The highest BCUT2D eigenvalue weighted by atomic mass is 31.2. The minimum Gasteiger partial charge on any atom is -0.446 e. The Labute approximate surface area is 389 Å². The lowest BCUT2D eigenvalue weighted by Gasteiger charge is -2.58. The number of aromatic amines is 1. The summed E-state index contributed by atoms with van der Waals surface area (Å²) in [7, 11) is -1.61. The Morgan fingerprint density at radius 3 is 2.55 bits per heavy atom. The Morgan fingerprint density at radius 2 is 1.85 bits per heavy atom. The van der Waals surface area contributed by atoms with Crippen LogP contribution in [0.5, 0.6) is 0 Å². The molecule has 65 heavy (non-hydrogen) atoms. The zero-order valence-corrected chi connectivity index (χ0v) is 41.8. The van der Waals surface area contributed by atoms with Crippen LogP contribution in [0.2, 0.25) is 0 Å². The molecule has 0 spiro atoms. The second-order valence-corrected chi connectivity index (χ2v) is 23.1. The molecule has 2 bridgehead atoms. The Hall–Kier alpha value is -3.03. The number of hydrogen-bond donors (Lipinski definition) is 2. The highest BCUT2D eigenvalue weighted by molar-refractivity contribution is 7.44. The Morgan fingerprint density at radius 1 is 1.08 bits per heavy atom. The SMILES string of the molecule is [C-]#[N+]CCOP(OC1[C@H]2OC[C@@]1(CC)O[C@H]2n1cc(C#CCNC(=O)O[C@H]2CC[C@@]3(C)C(=CC[C@H]4[C@@H]5CC[C@H](C(C)CCCC(C)C)[C@@]5(C)CC[C@@H]43)C2)c(=O)[nH]c1=O)N(C(C)C)C(C)C. The number of carbonyl (C=O) groups excluding carboxylic acids is 1. The van der Waals surface area contributed by atoms with Crippen molar-refractivity contribution in [2.75, 3.05) is 26.3 Å². The van der Waals surface area contributed by atoms with Gasteiger partial charge in [-0.15, -0.1) is 0 Å². The predicted molar refractivity (Wildman–Crippen MR) is 254 cm³/mol. The van der Waals surface area contributed by atoms with E-state index in [2.05, 4.69) is 100 Å². The Kier molecular flexibility index (Phi) is 15.9. The van der Waals surface area contributed by atoms with Crippen LogP contribution in [-0.4, -0.2) is 82.6 Å². The molecular weight excluding hydrogens is 842 g/mol. The summed E-state index contributed by atoms with van der Waals surface area (Å²) < 4.78 is 35.3. The fourth-order valence-electron chi connectivity index (χ4n) is 13.5. The van der Waals surface area contributed by atoms with E-state index in [0.29, 0.717) is 17.8 Å². The van der Waals surface area contributed by atoms with Gasteiger partial charge < -0.3 is 33.4 Å². The highest BCUT2D eigenvalue weighted by Gasteiger charge is 2.64. The van der Waals surface area contributed by atoms with Gasteiger partial charge >= 0.3 is 11.8 Å². The Bertz CT molecular complexity index is 2100. The predicted octanol–water partition coefficient (Wildman–Crippen LogP) is 9.77. The summed E-state index contributed by atoms with van der Waals surface area (Å²) in [6.45, 7) is 30.6. The normalized spacial score (nSPS) is 34.6. The van der Waals surface area contributed by atoms with E-state index in [1.807, 2.05) is 6.92 Å². The van der Waals surface area contributed by atoms with Crippen molar-refractivity contribution in [3.05, 3.63) is 55.7 Å². The molecule has 1 aromatic rings. The molecule has 2 aliphatic heterocycles. The number of ether oxygens (including phenoxy) is 3. The number of amides is 1. The van der Waals surface area contributed by atoms with Crippen molar-refractivity contribution in [2.45, 2.75) is 189 Å². The van der Waals surface area contributed by atoms with Crippen LogP contribution >= 0.6 is 8.53 Å². The molecule has 360 valence electrons. The zero-order valence-electron chi connectivity index (χ0n) is 41.0. The van der Waals surface area contributed by atoms with Gasteiger partial charge in [-0.05, 0) is 125 Å². The number of alkyl carbamates (subject to hydrolysis) is 1. The van der Waals surface area contributed by atoms with Crippen molar-refractivity contribution in [3.8, 4) is 11.8 Å². The van der Waals surface area contributed by atoms with Gasteiger partial charge in [0.25, 0.3) is 14.1 Å². The van der Waals surface area contributed by atoms with Gasteiger partial charge in [0.2, 0.25) is 6.54 Å². The minimum atomic E-state index is -1.61. The number of fused-ring (bicyclic) bond motifs is 7. The van der Waals surface area contributed by atoms with Crippen LogP contribution in [0, 0.1) is 64.8 Å². The third-order valence-electron chi connectivity index (χ3n) is 16.7. The third-order valence-corrected chi connectivity index (χ3v) is 18.9. The van der Waals surface area contributed by atoms with Crippen molar-refractivity contribution < 1.29 is 28.1 Å². The first-order valence-electron chi connectivity index (χ1n) is 24.9. The summed E-state index contributed by atoms with van der Waals surface area (Å²) in [6.07, 6.45) is 14.9. The van der Waals surface area contributed by atoms with E-state index in [9.17, 15) is 14.4 Å². The molecule has 2 saturated heterocycles. The van der Waals surface area contributed by atoms with Crippen molar-refractivity contribution in [3.63, 3.8) is 0 Å². The summed E-state index contributed by atoms with van der Waals surface area (Å²) in [4.78, 5) is 45.2. The van der Waals surface area contributed by atoms with Gasteiger partial charge in [-0.1, -0.05) is 84.3 Å². The molecule has 3 saturated carbocycles. The number of hydrogen-bond acceptors (Lipinski definition) is 9. The quantitative estimate of drug-likeness (QED) is 0.0515. The van der Waals surface area contributed by atoms with E-state index in [-0.39, 0.29) is 55.5 Å². The van der Waals surface area contributed by atoms with Gasteiger partial charge in [0.05, 0.1) is 13.2 Å². The molecule has 6 aliphatic rings. The highest BCUT2D eigenvalue weighted by Crippen LogP contribution is 2.67. The fourth-order valence-corrected chi connectivity index (χ4v) is 15.3. The van der Waals surface area contributed by atoms with Gasteiger partial charge in [-0.25, -0.2) is 20.8 Å². The van der Waals surface area contributed by atoms with Crippen LogP contribution in [0.1, 0.15) is 158 Å². The molecule has 3 heterocycles. The summed E-state index contributed by atoms with van der Waals surface area (Å²) >= 11 is 0. The standard InChI is InChI=1S/C51H78N5O8P/c1-12-51-31-60-43(44(51)64-65(61-28-27-52-11)56(33(4)5)34(6)7)46(63-51)55-30-36(45(57)54-47(55)58)17-14-26-53-48(59)62-38-22-24-49(9)37(29-38)18-19-39-41-21-20-40(35(8)16-13-15-32(2)3)50(41,10)25-23-42(39)49/h18,30,32-35,38-44,46H,12-13,15-16,19-29,31H2,1-10H3,(H,53,59)(H,54,57,58)/t35?,38-,39-,40+,41-,42-,43+,44?,46+,49-,50+,51+,65?/m0/s1. The molecule has 13 nitrogen and oxygen atoms in total. The number of allylic oxidation sites excluding steroid dienone is 1. The van der Waals surface area contributed by atoms with E-state index in [4.69, 9.17) is 29.8 Å². The summed E-state index contributed by atoms with van der Waals surface area (Å²) in [5.74, 6) is 10.4. The topological polar surface area (TPSA) is 138 Å². The van der Waals surface area contributed by atoms with Crippen LogP contribution in [0.15, 0.2) is 27.4 Å². The second-order valence-electron chi connectivity index (χ2n) is 21.7. The summed E-state index contributed by atoms with van der Waals surface area (Å²) in [5, 5.41) is 2.76. The Balaban J connectivity index is 0.949. The first-order chi connectivity index (χ1) is 31.0. The molecule has 5 fully saturated rings. The van der Waals surface area contributed by atoms with Crippen LogP contribution in [-0.2, 0) is 23.3 Å². The number of nitrogens with one attached hydrogen (secondary N) is 2. The minimum absolute atomic E-state index is 0.0362. The molecule has 3 unspecified atom stereocenters. The van der Waals surface area contributed by atoms with E-state index < -0.39 is 49.9 Å². The molecule has 0 radical (unpaired) electrons. The molecule has 13 atom stereocenters. The van der Waals surface area contributed by atoms with E-state index >= 15 is 0 Å². The molecule has 14 heteroatoms. The van der Waals surface area contributed by atoms with Crippen LogP contribution < -0.4 is 16.6 Å². The number of H-pyrrole nitrogens is 1. The molecule has 7 rings (SSSR count). The zero-order chi connectivity index (χ0) is 46.8. The number of rotatable bonds is 17. The van der Waals surface area contributed by atoms with E-state index in [1.165, 1.54) is 61.3 Å². The molecule has 2 N–H and O–H groups in total. The largest absolute Gasteiger partial charge is 0.446 e. The van der Waals surface area contributed by atoms with E-state index in [1.54, 1.807) is 0 Å². The first kappa shape index (κ1) is 49.9. The van der Waals surface area contributed by atoms with Crippen molar-refractivity contribution in [2.24, 2.45) is 46.3 Å². The number of carbonyl (C=O) groups is 1. The maximum Gasteiger partial charge on any atom is 0.408 e. The average molecular weight is 920 g/mol. The second kappa shape index (κ2) is 20.7. The van der Waals surface area contributed by atoms with Gasteiger partial charge in [-0.2, -0.15) is 0 Å². The molecule has 1 amide bonds. The molecular formula is C51H78N5O8P. The van der Waals surface area contributed by atoms with Gasteiger partial charge in [0.15, 0.2) is 6.23 Å². The maximum atomic E-state index is 13.3. The maximum absolute atomic E-state index is 13.3. The molecule has 4 aliphatic carbocycles. The lowest BCUT2D eigenvalue weighted by atomic mass is 9.47. The van der Waals surface area contributed by atoms with Crippen molar-refractivity contribution >= 4 is 14.6 Å².